The zero-order chi connectivity index (χ0) is 18.8. The third-order valence-electron chi connectivity index (χ3n) is 4.91. The zero-order valence-corrected chi connectivity index (χ0v) is 15.5. The number of carbonyl (C=O) groups is 1. The molecule has 0 aliphatic rings. The van der Waals surface area contributed by atoms with Crippen LogP contribution in [0.5, 0.6) is 5.75 Å². The minimum absolute atomic E-state index is 0.0662. The molecule has 4 aromatic rings. The Labute approximate surface area is 158 Å². The third-order valence-corrected chi connectivity index (χ3v) is 4.91. The number of ether oxygens (including phenoxy) is 1. The summed E-state index contributed by atoms with van der Waals surface area (Å²) in [7, 11) is 1.58. The molecule has 3 heteroatoms. The molecule has 0 saturated heterocycles. The van der Waals surface area contributed by atoms with Gasteiger partial charge in [0.15, 0.2) is 5.78 Å². The van der Waals surface area contributed by atoms with Crippen LogP contribution >= 0.6 is 0 Å². The molecule has 0 unspecified atom stereocenters. The highest BCUT2D eigenvalue weighted by Gasteiger charge is 2.10. The molecule has 0 radical (unpaired) electrons. The first-order valence-corrected chi connectivity index (χ1v) is 9.09. The lowest BCUT2D eigenvalue weighted by atomic mass is 10.1. The van der Waals surface area contributed by atoms with Gasteiger partial charge in [-0.3, -0.25) is 4.79 Å². The van der Waals surface area contributed by atoms with Gasteiger partial charge in [-0.15, -0.1) is 0 Å². The molecule has 0 aliphatic carbocycles. The van der Waals surface area contributed by atoms with E-state index in [1.807, 2.05) is 18.2 Å². The van der Waals surface area contributed by atoms with E-state index in [0.717, 1.165) is 12.1 Å². The summed E-state index contributed by atoms with van der Waals surface area (Å²) >= 11 is 0. The molecule has 134 valence electrons. The summed E-state index contributed by atoms with van der Waals surface area (Å²) in [6, 6.07) is 22.1. The van der Waals surface area contributed by atoms with E-state index in [2.05, 4.69) is 54.0 Å². The predicted octanol–water partition coefficient (Wildman–Crippen LogP) is 5.72. The summed E-state index contributed by atoms with van der Waals surface area (Å²) in [4.78, 5) is 12.6. The van der Waals surface area contributed by atoms with Crippen molar-refractivity contribution in [2.24, 2.45) is 0 Å². The van der Waals surface area contributed by atoms with Crippen molar-refractivity contribution in [3.8, 4) is 5.75 Å². The predicted molar refractivity (Wildman–Crippen MR) is 111 cm³/mol. The number of hydrogen-bond acceptors (Lipinski definition) is 2. The van der Waals surface area contributed by atoms with Crippen molar-refractivity contribution in [1.29, 1.82) is 0 Å². The molecule has 0 bridgehead atoms. The number of para-hydroxylation sites is 2. The van der Waals surface area contributed by atoms with Crippen LogP contribution in [-0.2, 0) is 6.54 Å². The van der Waals surface area contributed by atoms with Crippen LogP contribution in [0.4, 0.5) is 0 Å². The molecule has 1 aromatic heterocycles. The lowest BCUT2D eigenvalue weighted by Gasteiger charge is -2.04. The quantitative estimate of drug-likeness (QED) is 0.339. The van der Waals surface area contributed by atoms with Crippen LogP contribution in [0.2, 0.25) is 0 Å². The number of aromatic nitrogens is 1. The highest BCUT2D eigenvalue weighted by atomic mass is 16.5. The summed E-state index contributed by atoms with van der Waals surface area (Å²) < 4.78 is 7.60. The van der Waals surface area contributed by atoms with E-state index >= 15 is 0 Å². The average Bonchev–Trinajstić information content (AvgIpc) is 3.05. The molecule has 0 aliphatic heterocycles. The first kappa shape index (κ1) is 17.1. The monoisotopic (exact) mass is 355 g/mol. The number of hydrogen-bond donors (Lipinski definition) is 0. The lowest BCUT2D eigenvalue weighted by Crippen LogP contribution is -1.98. The first-order valence-electron chi connectivity index (χ1n) is 9.09. The largest absolute Gasteiger partial charge is 0.496 e. The summed E-state index contributed by atoms with van der Waals surface area (Å²) in [5.74, 6) is 0.525. The average molecular weight is 355 g/mol. The van der Waals surface area contributed by atoms with Crippen molar-refractivity contribution in [3.63, 3.8) is 0 Å². The summed E-state index contributed by atoms with van der Waals surface area (Å²) in [5, 5.41) is 2.44. The number of carbonyl (C=O) groups excluding carboxylic acids is 1. The normalized spacial score (nSPS) is 11.5. The van der Waals surface area contributed by atoms with Gasteiger partial charge in [-0.1, -0.05) is 42.5 Å². The van der Waals surface area contributed by atoms with Gasteiger partial charge in [0.25, 0.3) is 0 Å². The van der Waals surface area contributed by atoms with Gasteiger partial charge in [-0.05, 0) is 48.9 Å². The smallest absolute Gasteiger partial charge is 0.189 e. The van der Waals surface area contributed by atoms with E-state index in [1.54, 1.807) is 25.3 Å². The Balaban J connectivity index is 1.73. The molecule has 3 aromatic carbocycles. The fourth-order valence-corrected chi connectivity index (χ4v) is 3.63. The van der Waals surface area contributed by atoms with Crippen molar-refractivity contribution >= 4 is 33.7 Å². The van der Waals surface area contributed by atoms with E-state index in [0.29, 0.717) is 11.3 Å². The van der Waals surface area contributed by atoms with Crippen molar-refractivity contribution in [3.05, 3.63) is 83.9 Å². The highest BCUT2D eigenvalue weighted by Crippen LogP contribution is 2.30. The second-order valence-electron chi connectivity index (χ2n) is 6.44. The van der Waals surface area contributed by atoms with Gasteiger partial charge in [0.2, 0.25) is 0 Å². The molecule has 0 saturated carbocycles. The van der Waals surface area contributed by atoms with Gasteiger partial charge in [-0.25, -0.2) is 0 Å². The Kier molecular flexibility index (Phi) is 4.51. The fraction of sp³-hybridized carbons (Fsp3) is 0.125. The number of fused-ring (bicyclic) bond motifs is 3. The standard InChI is InChI=1S/C24H21NO2/c1-3-25-21-10-6-4-8-18(21)20-16-17(12-14-22(20)25)13-15-23(26)19-9-5-7-11-24(19)27-2/h4-16H,3H2,1-2H3/b15-13+. The van der Waals surface area contributed by atoms with E-state index in [9.17, 15) is 4.79 Å². The van der Waals surface area contributed by atoms with Crippen molar-refractivity contribution in [2.75, 3.05) is 7.11 Å². The van der Waals surface area contributed by atoms with Crippen molar-refractivity contribution in [2.45, 2.75) is 13.5 Å². The maximum atomic E-state index is 12.6. The SMILES string of the molecule is CCn1c2ccccc2c2cc(/C=C/C(=O)c3ccccc3OC)ccc21. The first-order chi connectivity index (χ1) is 13.2. The van der Waals surface area contributed by atoms with Crippen molar-refractivity contribution < 1.29 is 9.53 Å². The third kappa shape index (κ3) is 3.02. The molecular weight excluding hydrogens is 334 g/mol. The Morgan fingerprint density at radius 2 is 1.70 bits per heavy atom. The summed E-state index contributed by atoms with van der Waals surface area (Å²) in [5.41, 5.74) is 4.03. The van der Waals surface area contributed by atoms with Gasteiger partial charge in [-0.2, -0.15) is 0 Å². The van der Waals surface area contributed by atoms with E-state index in [1.165, 1.54) is 21.8 Å². The molecule has 3 nitrogen and oxygen atoms in total. The number of benzene rings is 3. The number of rotatable bonds is 5. The summed E-state index contributed by atoms with van der Waals surface area (Å²) in [6.45, 7) is 3.08. The van der Waals surface area contributed by atoms with Crippen LogP contribution in [0.25, 0.3) is 27.9 Å². The van der Waals surface area contributed by atoms with Gasteiger partial charge in [0, 0.05) is 28.4 Å². The zero-order valence-electron chi connectivity index (χ0n) is 15.5. The van der Waals surface area contributed by atoms with E-state index < -0.39 is 0 Å². The Bertz CT molecular complexity index is 1170. The van der Waals surface area contributed by atoms with Gasteiger partial charge >= 0.3 is 0 Å². The van der Waals surface area contributed by atoms with Crippen LogP contribution in [-0.4, -0.2) is 17.5 Å². The molecule has 4 rings (SSSR count). The fourth-order valence-electron chi connectivity index (χ4n) is 3.63. The Hall–Kier alpha value is -3.33. The molecule has 1 heterocycles. The molecule has 0 N–H and O–H groups in total. The molecule has 0 fully saturated rings. The molecule has 27 heavy (non-hydrogen) atoms. The summed E-state index contributed by atoms with van der Waals surface area (Å²) in [6.07, 6.45) is 3.48. The van der Waals surface area contributed by atoms with Crippen LogP contribution < -0.4 is 4.74 Å². The molecule has 0 spiro atoms. The van der Waals surface area contributed by atoms with Gasteiger partial charge in [0.05, 0.1) is 12.7 Å². The van der Waals surface area contributed by atoms with Crippen LogP contribution in [0.15, 0.2) is 72.8 Å². The Morgan fingerprint density at radius 1 is 0.963 bits per heavy atom. The number of ketones is 1. The maximum absolute atomic E-state index is 12.6. The van der Waals surface area contributed by atoms with Gasteiger partial charge < -0.3 is 9.30 Å². The molecule has 0 atom stereocenters. The van der Waals surface area contributed by atoms with Crippen LogP contribution in [0, 0.1) is 0 Å². The minimum atomic E-state index is -0.0662. The van der Waals surface area contributed by atoms with Gasteiger partial charge in [0.1, 0.15) is 5.75 Å². The number of methoxy groups -OCH3 is 1. The highest BCUT2D eigenvalue weighted by molar-refractivity contribution is 6.10. The topological polar surface area (TPSA) is 31.2 Å². The molecular formula is C24H21NO2. The van der Waals surface area contributed by atoms with Crippen LogP contribution in [0.3, 0.4) is 0 Å². The Morgan fingerprint density at radius 3 is 2.52 bits per heavy atom. The number of allylic oxidation sites excluding steroid dienone is 1. The van der Waals surface area contributed by atoms with Crippen molar-refractivity contribution in [1.82, 2.24) is 4.57 Å². The lowest BCUT2D eigenvalue weighted by molar-refractivity contribution is 0.104. The van der Waals surface area contributed by atoms with E-state index in [4.69, 9.17) is 4.74 Å². The number of aryl methyl sites for hydroxylation is 1. The number of nitrogens with zero attached hydrogens (tertiary/aromatic N) is 1. The maximum Gasteiger partial charge on any atom is 0.189 e. The van der Waals surface area contributed by atoms with E-state index in [-0.39, 0.29) is 5.78 Å². The second-order valence-corrected chi connectivity index (χ2v) is 6.44. The van der Waals surface area contributed by atoms with Crippen LogP contribution in [0.1, 0.15) is 22.8 Å². The molecule has 0 amide bonds. The second kappa shape index (κ2) is 7.12. The minimum Gasteiger partial charge on any atom is -0.496 e.